The number of nitrogens with zero attached hydrogens (tertiary/aromatic N) is 3. The second kappa shape index (κ2) is 4.49. The first kappa shape index (κ1) is 11.3. The van der Waals surface area contributed by atoms with Gasteiger partial charge < -0.3 is 4.90 Å². The predicted molar refractivity (Wildman–Crippen MR) is 69.8 cm³/mol. The van der Waals surface area contributed by atoms with Crippen molar-refractivity contribution in [3.05, 3.63) is 58.1 Å². The fourth-order valence-corrected chi connectivity index (χ4v) is 2.37. The standard InChI is InChI=1S/C13H10BrN3O/c14-10-4-11-12(16-6-10)8-17(13(11)18)7-9-2-1-3-15-5-9/h1-6H,7-8H2. The Bertz CT molecular complexity index is 600. The summed E-state index contributed by atoms with van der Waals surface area (Å²) in [4.78, 5) is 22.3. The van der Waals surface area contributed by atoms with Crippen LogP contribution in [0.3, 0.4) is 0 Å². The summed E-state index contributed by atoms with van der Waals surface area (Å²) in [5.41, 5.74) is 2.55. The number of hydrogen-bond acceptors (Lipinski definition) is 3. The van der Waals surface area contributed by atoms with Crippen molar-refractivity contribution in [2.24, 2.45) is 0 Å². The van der Waals surface area contributed by atoms with Crippen LogP contribution >= 0.6 is 15.9 Å². The van der Waals surface area contributed by atoms with Crippen LogP contribution in [0.25, 0.3) is 0 Å². The van der Waals surface area contributed by atoms with Crippen molar-refractivity contribution in [3.8, 4) is 0 Å². The molecule has 1 aliphatic heterocycles. The molecule has 0 saturated carbocycles. The van der Waals surface area contributed by atoms with Crippen molar-refractivity contribution in [2.45, 2.75) is 13.1 Å². The highest BCUT2D eigenvalue weighted by atomic mass is 79.9. The van der Waals surface area contributed by atoms with Crippen LogP contribution in [0.1, 0.15) is 21.6 Å². The Morgan fingerprint density at radius 3 is 3.06 bits per heavy atom. The summed E-state index contributed by atoms with van der Waals surface area (Å²) in [6.07, 6.45) is 5.22. The average Bonchev–Trinajstić information content (AvgIpc) is 2.68. The van der Waals surface area contributed by atoms with Gasteiger partial charge in [-0.1, -0.05) is 6.07 Å². The number of halogens is 1. The third-order valence-electron chi connectivity index (χ3n) is 2.89. The Labute approximate surface area is 113 Å². The van der Waals surface area contributed by atoms with E-state index in [0.717, 1.165) is 15.7 Å². The second-order valence-electron chi connectivity index (χ2n) is 4.17. The van der Waals surface area contributed by atoms with Gasteiger partial charge in [0, 0.05) is 29.6 Å². The van der Waals surface area contributed by atoms with E-state index in [9.17, 15) is 4.79 Å². The first-order valence-corrected chi connectivity index (χ1v) is 6.36. The lowest BCUT2D eigenvalue weighted by Gasteiger charge is -2.14. The molecular formula is C13H10BrN3O. The number of rotatable bonds is 2. The van der Waals surface area contributed by atoms with E-state index >= 15 is 0 Å². The predicted octanol–water partition coefficient (Wildman–Crippen LogP) is 2.40. The fourth-order valence-electron chi connectivity index (χ4n) is 2.04. The minimum absolute atomic E-state index is 0.0302. The number of hydrogen-bond donors (Lipinski definition) is 0. The summed E-state index contributed by atoms with van der Waals surface area (Å²) in [7, 11) is 0. The Hall–Kier alpha value is -1.75. The molecule has 0 bridgehead atoms. The molecule has 0 saturated heterocycles. The number of carbonyl (C=O) groups excluding carboxylic acids is 1. The summed E-state index contributed by atoms with van der Waals surface area (Å²) in [6.45, 7) is 1.14. The lowest BCUT2D eigenvalue weighted by atomic mass is 10.2. The molecule has 0 radical (unpaired) electrons. The van der Waals surface area contributed by atoms with Crippen LogP contribution in [0.15, 0.2) is 41.3 Å². The van der Waals surface area contributed by atoms with Crippen molar-refractivity contribution in [1.82, 2.24) is 14.9 Å². The van der Waals surface area contributed by atoms with E-state index in [1.807, 2.05) is 18.2 Å². The lowest BCUT2D eigenvalue weighted by Crippen LogP contribution is -2.23. The van der Waals surface area contributed by atoms with E-state index in [2.05, 4.69) is 25.9 Å². The number of aromatic nitrogens is 2. The van der Waals surface area contributed by atoms with E-state index < -0.39 is 0 Å². The minimum atomic E-state index is 0.0302. The third kappa shape index (κ3) is 2.01. The molecule has 0 N–H and O–H groups in total. The summed E-state index contributed by atoms with van der Waals surface area (Å²) in [6, 6.07) is 5.67. The Kier molecular flexibility index (Phi) is 2.83. The number of pyridine rings is 2. The van der Waals surface area contributed by atoms with Gasteiger partial charge in [-0.15, -0.1) is 0 Å². The normalized spacial score (nSPS) is 13.8. The van der Waals surface area contributed by atoms with Crippen molar-refractivity contribution in [2.75, 3.05) is 0 Å². The molecule has 1 aliphatic rings. The molecule has 18 heavy (non-hydrogen) atoms. The van der Waals surface area contributed by atoms with Gasteiger partial charge in [0.2, 0.25) is 0 Å². The molecule has 0 atom stereocenters. The molecule has 3 heterocycles. The Balaban J connectivity index is 1.85. The van der Waals surface area contributed by atoms with E-state index in [4.69, 9.17) is 0 Å². The highest BCUT2D eigenvalue weighted by Gasteiger charge is 2.28. The molecule has 5 heteroatoms. The van der Waals surface area contributed by atoms with E-state index in [1.54, 1.807) is 23.5 Å². The highest BCUT2D eigenvalue weighted by Crippen LogP contribution is 2.24. The largest absolute Gasteiger partial charge is 0.328 e. The molecule has 4 nitrogen and oxygen atoms in total. The summed E-state index contributed by atoms with van der Waals surface area (Å²) < 4.78 is 0.831. The average molecular weight is 304 g/mol. The quantitative estimate of drug-likeness (QED) is 0.856. The van der Waals surface area contributed by atoms with Gasteiger partial charge in [-0.2, -0.15) is 0 Å². The van der Waals surface area contributed by atoms with Crippen LogP contribution < -0.4 is 0 Å². The van der Waals surface area contributed by atoms with Crippen molar-refractivity contribution in [1.29, 1.82) is 0 Å². The topological polar surface area (TPSA) is 46.1 Å². The number of carbonyl (C=O) groups is 1. The van der Waals surface area contributed by atoms with Crippen LogP contribution in [0.5, 0.6) is 0 Å². The number of fused-ring (bicyclic) bond motifs is 1. The third-order valence-corrected chi connectivity index (χ3v) is 3.32. The zero-order chi connectivity index (χ0) is 12.5. The zero-order valence-electron chi connectivity index (χ0n) is 9.51. The van der Waals surface area contributed by atoms with Crippen molar-refractivity contribution < 1.29 is 4.79 Å². The number of amides is 1. The molecule has 90 valence electrons. The van der Waals surface area contributed by atoms with Gasteiger partial charge in [0.25, 0.3) is 5.91 Å². The summed E-state index contributed by atoms with van der Waals surface area (Å²) in [5.74, 6) is 0.0302. The molecule has 1 amide bonds. The summed E-state index contributed by atoms with van der Waals surface area (Å²) >= 11 is 3.34. The minimum Gasteiger partial charge on any atom is -0.328 e. The van der Waals surface area contributed by atoms with Crippen LogP contribution in [0.2, 0.25) is 0 Å². The molecule has 2 aromatic heterocycles. The van der Waals surface area contributed by atoms with Gasteiger partial charge in [-0.3, -0.25) is 14.8 Å². The first-order chi connectivity index (χ1) is 8.74. The highest BCUT2D eigenvalue weighted by molar-refractivity contribution is 9.10. The van der Waals surface area contributed by atoms with Gasteiger partial charge in [0.05, 0.1) is 17.8 Å². The van der Waals surface area contributed by atoms with Gasteiger partial charge in [-0.05, 0) is 33.6 Å². The molecule has 0 unspecified atom stereocenters. The van der Waals surface area contributed by atoms with Crippen LogP contribution in [0.4, 0.5) is 0 Å². The van der Waals surface area contributed by atoms with E-state index in [1.165, 1.54) is 0 Å². The van der Waals surface area contributed by atoms with Gasteiger partial charge in [0.1, 0.15) is 0 Å². The zero-order valence-corrected chi connectivity index (χ0v) is 11.1. The van der Waals surface area contributed by atoms with Gasteiger partial charge >= 0.3 is 0 Å². The molecule has 0 aromatic carbocycles. The first-order valence-electron chi connectivity index (χ1n) is 5.56. The van der Waals surface area contributed by atoms with Gasteiger partial charge in [0.15, 0.2) is 0 Å². The van der Waals surface area contributed by atoms with E-state index in [-0.39, 0.29) is 5.91 Å². The van der Waals surface area contributed by atoms with Crippen molar-refractivity contribution >= 4 is 21.8 Å². The molecular weight excluding hydrogens is 294 g/mol. The maximum absolute atomic E-state index is 12.2. The maximum Gasteiger partial charge on any atom is 0.256 e. The fraction of sp³-hybridized carbons (Fsp3) is 0.154. The van der Waals surface area contributed by atoms with Crippen LogP contribution in [0, 0.1) is 0 Å². The second-order valence-corrected chi connectivity index (χ2v) is 5.09. The lowest BCUT2D eigenvalue weighted by molar-refractivity contribution is 0.0766. The Morgan fingerprint density at radius 2 is 2.28 bits per heavy atom. The van der Waals surface area contributed by atoms with Crippen LogP contribution in [-0.2, 0) is 13.1 Å². The SMILES string of the molecule is O=C1c2cc(Br)cnc2CN1Cc1cccnc1. The van der Waals surface area contributed by atoms with Gasteiger partial charge in [-0.25, -0.2) is 0 Å². The van der Waals surface area contributed by atoms with Crippen LogP contribution in [-0.4, -0.2) is 20.8 Å². The monoisotopic (exact) mass is 303 g/mol. The molecule has 0 spiro atoms. The molecule has 3 rings (SSSR count). The maximum atomic E-state index is 12.2. The summed E-state index contributed by atoms with van der Waals surface area (Å²) in [5, 5.41) is 0. The smallest absolute Gasteiger partial charge is 0.256 e. The Morgan fingerprint density at radius 1 is 1.39 bits per heavy atom. The molecule has 2 aromatic rings. The molecule has 0 aliphatic carbocycles. The molecule has 0 fully saturated rings. The van der Waals surface area contributed by atoms with Crippen molar-refractivity contribution in [3.63, 3.8) is 0 Å². The van der Waals surface area contributed by atoms with E-state index in [0.29, 0.717) is 18.7 Å².